The molecule has 9 N–H and O–H groups in total. The maximum Gasteiger partial charge on any atom is 0.394 e. The highest BCUT2D eigenvalue weighted by Crippen LogP contribution is 2.18. The number of hydrogen-bond donors (Lipinski definition) is 9. The van der Waals surface area contributed by atoms with E-state index in [-0.39, 0.29) is 0 Å². The lowest BCUT2D eigenvalue weighted by Crippen LogP contribution is -2.58. The van der Waals surface area contributed by atoms with Crippen molar-refractivity contribution in [2.45, 2.75) is 30.7 Å². The number of ether oxygens (including phenoxy) is 1. The van der Waals surface area contributed by atoms with Crippen LogP contribution in [0.25, 0.3) is 0 Å². The van der Waals surface area contributed by atoms with Crippen LogP contribution < -0.4 is 0 Å². The lowest BCUT2D eigenvalue weighted by molar-refractivity contribution is -0.286. The first-order valence-corrected chi connectivity index (χ1v) is 7.75. The van der Waals surface area contributed by atoms with Gasteiger partial charge in [0.25, 0.3) is 0 Å². The number of rotatable bonds is 1. The van der Waals surface area contributed by atoms with Crippen molar-refractivity contribution in [2.24, 2.45) is 0 Å². The van der Waals surface area contributed by atoms with E-state index in [0.717, 1.165) is 0 Å². The molecule has 22 heavy (non-hydrogen) atoms. The molecule has 0 bridgehead atoms. The summed E-state index contributed by atoms with van der Waals surface area (Å²) in [5.41, 5.74) is 0. The SMILES string of the molecule is O=S(=O)(O)O.O=S(=O)(O)O.OC[C@H]1OC(O)[C@H](O)[C@@H](O)[C@@H]1O. The molecule has 1 fully saturated rings. The van der Waals surface area contributed by atoms with Gasteiger partial charge in [-0.25, -0.2) is 0 Å². The molecule has 16 heteroatoms. The molecule has 0 amide bonds. The van der Waals surface area contributed by atoms with Crippen molar-refractivity contribution < 1.29 is 65.3 Å². The van der Waals surface area contributed by atoms with E-state index < -0.39 is 58.1 Å². The number of aliphatic hydroxyl groups excluding tert-OH is 5. The number of aliphatic hydroxyl groups is 5. The summed E-state index contributed by atoms with van der Waals surface area (Å²) in [6.07, 6.45) is -7.04. The maximum atomic E-state index is 9.12. The Balaban J connectivity index is 0. The molecule has 0 aromatic heterocycles. The van der Waals surface area contributed by atoms with Crippen LogP contribution in [-0.4, -0.2) is 97.9 Å². The molecule has 5 atom stereocenters. The predicted molar refractivity (Wildman–Crippen MR) is 64.3 cm³/mol. The largest absolute Gasteiger partial charge is 0.394 e. The molecule has 1 unspecified atom stereocenters. The average molecular weight is 376 g/mol. The Morgan fingerprint density at radius 1 is 0.727 bits per heavy atom. The van der Waals surface area contributed by atoms with Gasteiger partial charge in [0, 0.05) is 0 Å². The third-order valence-electron chi connectivity index (χ3n) is 1.87. The third-order valence-corrected chi connectivity index (χ3v) is 1.87. The Labute approximate surface area is 124 Å². The summed E-state index contributed by atoms with van der Waals surface area (Å²) in [4.78, 5) is 0. The Morgan fingerprint density at radius 3 is 1.32 bits per heavy atom. The van der Waals surface area contributed by atoms with E-state index >= 15 is 0 Å². The summed E-state index contributed by atoms with van der Waals surface area (Å²) in [5.74, 6) is 0. The molecule has 1 aliphatic heterocycles. The third kappa shape index (κ3) is 14.4. The quantitative estimate of drug-likeness (QED) is 0.195. The number of hydrogen-bond acceptors (Lipinski definition) is 10. The van der Waals surface area contributed by atoms with E-state index in [2.05, 4.69) is 4.74 Å². The smallest absolute Gasteiger partial charge is 0.394 e. The fraction of sp³-hybridized carbons (Fsp3) is 1.00. The van der Waals surface area contributed by atoms with E-state index in [1.165, 1.54) is 0 Å². The van der Waals surface area contributed by atoms with E-state index in [0.29, 0.717) is 0 Å². The highest BCUT2D eigenvalue weighted by molar-refractivity contribution is 7.80. The van der Waals surface area contributed by atoms with Crippen LogP contribution in [0.4, 0.5) is 0 Å². The van der Waals surface area contributed by atoms with Crippen molar-refractivity contribution in [1.82, 2.24) is 0 Å². The van der Waals surface area contributed by atoms with Gasteiger partial charge < -0.3 is 30.3 Å². The minimum absolute atomic E-state index is 0.526. The average Bonchev–Trinajstić information content (AvgIpc) is 2.27. The van der Waals surface area contributed by atoms with Crippen LogP contribution in [0, 0.1) is 0 Å². The standard InChI is InChI=1S/C6H12O6.2H2O4S/c7-1-2-3(8)4(9)5(10)6(11)12-2;2*1-5(2,3)4/h2-11H,1H2;2*(H2,1,2,3,4)/t2-,3-,4+,5-,6?;;/m1../s1. The fourth-order valence-electron chi connectivity index (χ4n) is 1.08. The van der Waals surface area contributed by atoms with Crippen molar-refractivity contribution in [1.29, 1.82) is 0 Å². The summed E-state index contributed by atoms with van der Waals surface area (Å²) in [5, 5.41) is 44.7. The van der Waals surface area contributed by atoms with Crippen molar-refractivity contribution in [3.05, 3.63) is 0 Å². The molecule has 1 rings (SSSR count). The second-order valence-electron chi connectivity index (χ2n) is 3.62. The van der Waals surface area contributed by atoms with Crippen molar-refractivity contribution in [3.8, 4) is 0 Å². The monoisotopic (exact) mass is 376 g/mol. The van der Waals surface area contributed by atoms with Crippen LogP contribution in [0.15, 0.2) is 0 Å². The second kappa shape index (κ2) is 9.60. The van der Waals surface area contributed by atoms with Crippen LogP contribution in [0.2, 0.25) is 0 Å². The van der Waals surface area contributed by atoms with Gasteiger partial charge in [-0.3, -0.25) is 18.2 Å². The molecule has 1 heterocycles. The van der Waals surface area contributed by atoms with Gasteiger partial charge in [-0.1, -0.05) is 0 Å². The molecule has 1 saturated heterocycles. The lowest BCUT2D eigenvalue weighted by Gasteiger charge is -2.37. The van der Waals surface area contributed by atoms with Crippen LogP contribution in [-0.2, 0) is 25.5 Å². The zero-order valence-corrected chi connectivity index (χ0v) is 12.1. The molecule has 0 aliphatic carbocycles. The van der Waals surface area contributed by atoms with Gasteiger partial charge in [-0.2, -0.15) is 16.8 Å². The van der Waals surface area contributed by atoms with Crippen LogP contribution in [0.1, 0.15) is 0 Å². The van der Waals surface area contributed by atoms with Gasteiger partial charge in [0.1, 0.15) is 24.4 Å². The minimum Gasteiger partial charge on any atom is -0.394 e. The topological polar surface area (TPSA) is 260 Å². The Morgan fingerprint density at radius 2 is 1.05 bits per heavy atom. The maximum absolute atomic E-state index is 9.12. The molecular formula is C6H16O14S2. The molecule has 136 valence electrons. The molecule has 1 aliphatic rings. The highest BCUT2D eigenvalue weighted by Gasteiger charge is 2.42. The van der Waals surface area contributed by atoms with Crippen LogP contribution in [0.3, 0.4) is 0 Å². The molecule has 0 radical (unpaired) electrons. The zero-order chi connectivity index (χ0) is 18.3. The zero-order valence-electron chi connectivity index (χ0n) is 10.5. The van der Waals surface area contributed by atoms with Gasteiger partial charge in [0.2, 0.25) is 0 Å². The molecule has 0 saturated carbocycles. The van der Waals surface area contributed by atoms with Crippen molar-refractivity contribution in [2.75, 3.05) is 6.61 Å². The minimum atomic E-state index is -4.67. The van der Waals surface area contributed by atoms with Crippen LogP contribution in [0.5, 0.6) is 0 Å². The predicted octanol–water partition coefficient (Wildman–Crippen LogP) is -4.53. The van der Waals surface area contributed by atoms with E-state index in [4.69, 9.17) is 60.6 Å². The van der Waals surface area contributed by atoms with Gasteiger partial charge in [-0.15, -0.1) is 0 Å². The van der Waals surface area contributed by atoms with Gasteiger partial charge in [-0.05, 0) is 0 Å². The molecule has 0 spiro atoms. The summed E-state index contributed by atoms with van der Waals surface area (Å²) in [6.45, 7) is -0.526. The Kier molecular flexibility index (Phi) is 10.4. The van der Waals surface area contributed by atoms with E-state index in [9.17, 15) is 0 Å². The summed E-state index contributed by atoms with van der Waals surface area (Å²) >= 11 is 0. The first-order valence-electron chi connectivity index (χ1n) is 4.96. The van der Waals surface area contributed by atoms with E-state index in [1.54, 1.807) is 0 Å². The first-order chi connectivity index (χ1) is 9.57. The van der Waals surface area contributed by atoms with Gasteiger partial charge in [0.05, 0.1) is 6.61 Å². The van der Waals surface area contributed by atoms with Crippen LogP contribution >= 0.6 is 0 Å². The summed E-state index contributed by atoms with van der Waals surface area (Å²) < 4.78 is 67.7. The first kappa shape index (κ1) is 23.8. The second-order valence-corrected chi connectivity index (χ2v) is 5.41. The summed E-state index contributed by atoms with van der Waals surface area (Å²) in [6, 6.07) is 0. The van der Waals surface area contributed by atoms with E-state index in [1.807, 2.05) is 0 Å². The Hall–Kier alpha value is -0.500. The van der Waals surface area contributed by atoms with Crippen molar-refractivity contribution in [3.63, 3.8) is 0 Å². The molecular weight excluding hydrogens is 360 g/mol. The normalized spacial score (nSPS) is 32.1. The summed E-state index contributed by atoms with van der Waals surface area (Å²) in [7, 11) is -9.33. The molecule has 0 aromatic carbocycles. The van der Waals surface area contributed by atoms with Gasteiger partial charge in [0.15, 0.2) is 6.29 Å². The Bertz CT molecular complexity index is 447. The van der Waals surface area contributed by atoms with Gasteiger partial charge >= 0.3 is 20.8 Å². The lowest BCUT2D eigenvalue weighted by atomic mass is 10.00. The van der Waals surface area contributed by atoms with Crippen molar-refractivity contribution >= 4 is 20.8 Å². The fourth-order valence-corrected chi connectivity index (χ4v) is 1.08. The highest BCUT2D eigenvalue weighted by atomic mass is 32.3. The molecule has 0 aromatic rings. The molecule has 14 nitrogen and oxygen atoms in total.